The van der Waals surface area contributed by atoms with Crippen LogP contribution in [0.1, 0.15) is 12.5 Å². The minimum absolute atomic E-state index is 1.07. The lowest BCUT2D eigenvalue weighted by molar-refractivity contribution is 0.278. The molecule has 2 heterocycles. The van der Waals surface area contributed by atoms with E-state index in [0.717, 1.165) is 26.2 Å². The van der Waals surface area contributed by atoms with Crippen molar-refractivity contribution in [1.29, 1.82) is 0 Å². The van der Waals surface area contributed by atoms with Gasteiger partial charge in [-0.25, -0.2) is 0 Å². The minimum atomic E-state index is 1.07. The normalized spacial score (nSPS) is 16.1. The van der Waals surface area contributed by atoms with Gasteiger partial charge in [-0.1, -0.05) is 43.3 Å². The molecule has 0 amide bonds. The van der Waals surface area contributed by atoms with Crippen molar-refractivity contribution < 1.29 is 0 Å². The lowest BCUT2D eigenvalue weighted by atomic mass is 10.1. The molecule has 0 spiro atoms. The fourth-order valence-electron chi connectivity index (χ4n) is 3.38. The zero-order chi connectivity index (χ0) is 12.8. The van der Waals surface area contributed by atoms with Gasteiger partial charge in [-0.05, 0) is 18.2 Å². The molecular formula is C17H18N2. The van der Waals surface area contributed by atoms with Crippen molar-refractivity contribution in [2.75, 3.05) is 13.1 Å². The average molecular weight is 250 g/mol. The monoisotopic (exact) mass is 250 g/mol. The maximum atomic E-state index is 2.52. The van der Waals surface area contributed by atoms with E-state index < -0.39 is 0 Å². The van der Waals surface area contributed by atoms with Crippen molar-refractivity contribution in [2.24, 2.45) is 0 Å². The van der Waals surface area contributed by atoms with Crippen LogP contribution in [0.15, 0.2) is 42.5 Å². The molecule has 1 aromatic heterocycles. The van der Waals surface area contributed by atoms with Gasteiger partial charge in [0.2, 0.25) is 0 Å². The van der Waals surface area contributed by atoms with E-state index in [1.165, 1.54) is 27.4 Å². The molecular weight excluding hydrogens is 232 g/mol. The Morgan fingerprint density at radius 3 is 2.68 bits per heavy atom. The summed E-state index contributed by atoms with van der Waals surface area (Å²) in [4.78, 5) is 2.52. The van der Waals surface area contributed by atoms with Crippen LogP contribution in [0.5, 0.6) is 0 Å². The summed E-state index contributed by atoms with van der Waals surface area (Å²) < 4.78 is 2.51. The van der Waals surface area contributed by atoms with Crippen LogP contribution in [0.2, 0.25) is 0 Å². The predicted octanol–water partition coefficient (Wildman–Crippen LogP) is 3.63. The third kappa shape index (κ3) is 1.53. The van der Waals surface area contributed by atoms with Crippen LogP contribution in [0.4, 0.5) is 0 Å². The largest absolute Gasteiger partial charge is 0.339 e. The lowest BCUT2D eigenvalue weighted by Gasteiger charge is -2.17. The summed E-state index contributed by atoms with van der Waals surface area (Å²) in [6, 6.07) is 15.5. The van der Waals surface area contributed by atoms with Crippen LogP contribution < -0.4 is 0 Å². The number of fused-ring (bicyclic) bond motifs is 3. The van der Waals surface area contributed by atoms with Gasteiger partial charge >= 0.3 is 0 Å². The number of hydrogen-bond donors (Lipinski definition) is 0. The molecule has 96 valence electrons. The second kappa shape index (κ2) is 4.10. The number of hydrogen-bond acceptors (Lipinski definition) is 1. The van der Waals surface area contributed by atoms with E-state index in [4.69, 9.17) is 0 Å². The number of likely N-dealkylation sites (N-methyl/N-ethyl adjacent to an activating group) is 1. The number of benzene rings is 2. The van der Waals surface area contributed by atoms with Gasteiger partial charge in [-0.3, -0.25) is 4.90 Å². The Kier molecular flexibility index (Phi) is 2.39. The quantitative estimate of drug-likeness (QED) is 0.640. The van der Waals surface area contributed by atoms with Gasteiger partial charge in [0.05, 0.1) is 5.52 Å². The molecule has 1 aliphatic rings. The highest BCUT2D eigenvalue weighted by atomic mass is 15.2. The van der Waals surface area contributed by atoms with E-state index >= 15 is 0 Å². The number of aromatic nitrogens is 1. The van der Waals surface area contributed by atoms with Crippen molar-refractivity contribution in [2.45, 2.75) is 20.0 Å². The smallest absolute Gasteiger partial charge is 0.0537 e. The third-order valence-electron chi connectivity index (χ3n) is 4.36. The summed E-state index contributed by atoms with van der Waals surface area (Å²) >= 11 is 0. The highest BCUT2D eigenvalue weighted by Crippen LogP contribution is 2.32. The Balaban J connectivity index is 2.11. The van der Waals surface area contributed by atoms with Gasteiger partial charge in [-0.15, -0.1) is 0 Å². The summed E-state index contributed by atoms with van der Waals surface area (Å²) in [6.07, 6.45) is 0. The molecule has 0 aliphatic carbocycles. The molecule has 2 nitrogen and oxygen atoms in total. The number of nitrogens with zero attached hydrogens (tertiary/aromatic N) is 2. The summed E-state index contributed by atoms with van der Waals surface area (Å²) in [5.74, 6) is 0. The first-order chi connectivity index (χ1) is 9.38. The van der Waals surface area contributed by atoms with Gasteiger partial charge < -0.3 is 4.57 Å². The van der Waals surface area contributed by atoms with E-state index in [2.05, 4.69) is 58.9 Å². The number of para-hydroxylation sites is 2. The fourth-order valence-corrected chi connectivity index (χ4v) is 3.38. The molecule has 3 aromatic rings. The third-order valence-corrected chi connectivity index (χ3v) is 4.36. The van der Waals surface area contributed by atoms with E-state index in [1.807, 2.05) is 0 Å². The molecule has 4 rings (SSSR count). The molecule has 0 radical (unpaired) electrons. The van der Waals surface area contributed by atoms with Crippen molar-refractivity contribution in [3.63, 3.8) is 0 Å². The SMILES string of the molecule is CCN1CCn2c3ccccc3c3cccc(c32)C1. The second-order valence-electron chi connectivity index (χ2n) is 5.35. The zero-order valence-electron chi connectivity index (χ0n) is 11.3. The van der Waals surface area contributed by atoms with Gasteiger partial charge in [-0.2, -0.15) is 0 Å². The molecule has 0 bridgehead atoms. The zero-order valence-corrected chi connectivity index (χ0v) is 11.3. The Labute approximate surface area is 113 Å². The van der Waals surface area contributed by atoms with E-state index in [1.54, 1.807) is 0 Å². The minimum Gasteiger partial charge on any atom is -0.339 e. The Hall–Kier alpha value is -1.80. The summed E-state index contributed by atoms with van der Waals surface area (Å²) in [5, 5.41) is 2.80. The van der Waals surface area contributed by atoms with Crippen LogP contribution in [0, 0.1) is 0 Å². The first-order valence-electron chi connectivity index (χ1n) is 7.09. The van der Waals surface area contributed by atoms with E-state index in [-0.39, 0.29) is 0 Å². The summed E-state index contributed by atoms with van der Waals surface area (Å²) in [7, 11) is 0. The summed E-state index contributed by atoms with van der Waals surface area (Å²) in [6.45, 7) is 6.68. The highest BCUT2D eigenvalue weighted by molar-refractivity contribution is 6.09. The van der Waals surface area contributed by atoms with E-state index in [0.29, 0.717) is 0 Å². The Morgan fingerprint density at radius 2 is 1.79 bits per heavy atom. The first-order valence-corrected chi connectivity index (χ1v) is 7.09. The molecule has 0 unspecified atom stereocenters. The molecule has 0 N–H and O–H groups in total. The van der Waals surface area contributed by atoms with Crippen LogP contribution in [-0.4, -0.2) is 22.6 Å². The second-order valence-corrected chi connectivity index (χ2v) is 5.35. The molecule has 0 fully saturated rings. The van der Waals surface area contributed by atoms with Crippen LogP contribution in [-0.2, 0) is 13.1 Å². The van der Waals surface area contributed by atoms with E-state index in [9.17, 15) is 0 Å². The van der Waals surface area contributed by atoms with Crippen LogP contribution in [0.3, 0.4) is 0 Å². The van der Waals surface area contributed by atoms with Crippen LogP contribution in [0.25, 0.3) is 21.8 Å². The Bertz CT molecular complexity index is 754. The Morgan fingerprint density at radius 1 is 0.947 bits per heavy atom. The van der Waals surface area contributed by atoms with Gasteiger partial charge in [0.1, 0.15) is 0 Å². The topological polar surface area (TPSA) is 8.17 Å². The van der Waals surface area contributed by atoms with Crippen molar-refractivity contribution >= 4 is 21.8 Å². The molecule has 0 saturated heterocycles. The molecule has 0 atom stereocenters. The standard InChI is InChI=1S/C17H18N2/c1-2-18-10-11-19-16-9-4-3-7-14(16)15-8-5-6-13(12-18)17(15)19/h3-9H,2,10-12H2,1H3. The van der Waals surface area contributed by atoms with Crippen LogP contribution >= 0.6 is 0 Å². The molecule has 2 aromatic carbocycles. The lowest BCUT2D eigenvalue weighted by Crippen LogP contribution is -2.24. The predicted molar refractivity (Wildman–Crippen MR) is 80.4 cm³/mol. The van der Waals surface area contributed by atoms with Gasteiger partial charge in [0.25, 0.3) is 0 Å². The summed E-state index contributed by atoms with van der Waals surface area (Å²) in [5.41, 5.74) is 4.29. The fraction of sp³-hybridized carbons (Fsp3) is 0.294. The van der Waals surface area contributed by atoms with Crippen molar-refractivity contribution in [3.05, 3.63) is 48.0 Å². The van der Waals surface area contributed by atoms with Crippen molar-refractivity contribution in [1.82, 2.24) is 9.47 Å². The average Bonchev–Trinajstić information content (AvgIpc) is 2.65. The highest BCUT2D eigenvalue weighted by Gasteiger charge is 2.18. The van der Waals surface area contributed by atoms with Gasteiger partial charge in [0, 0.05) is 35.9 Å². The van der Waals surface area contributed by atoms with Crippen molar-refractivity contribution in [3.8, 4) is 0 Å². The molecule has 0 saturated carbocycles. The maximum absolute atomic E-state index is 2.52. The number of rotatable bonds is 1. The molecule has 1 aliphatic heterocycles. The maximum Gasteiger partial charge on any atom is 0.0537 e. The molecule has 2 heteroatoms. The van der Waals surface area contributed by atoms with Gasteiger partial charge in [0.15, 0.2) is 0 Å². The molecule has 19 heavy (non-hydrogen) atoms. The first kappa shape index (κ1) is 11.1.